The lowest BCUT2D eigenvalue weighted by molar-refractivity contribution is 0.395. The number of likely N-dealkylation sites (N-methyl/N-ethyl adjacent to an activating group) is 1. The van der Waals surface area contributed by atoms with Gasteiger partial charge in [-0.2, -0.15) is 4.31 Å². The van der Waals surface area contributed by atoms with Gasteiger partial charge in [0.15, 0.2) is 4.21 Å². The number of thiophene rings is 1. The zero-order valence-corrected chi connectivity index (χ0v) is 13.6. The number of nitrogens with zero attached hydrogens (tertiary/aromatic N) is 1. The van der Waals surface area contributed by atoms with Crippen molar-refractivity contribution < 1.29 is 8.42 Å². The molecule has 1 unspecified atom stereocenters. The Labute approximate surface area is 116 Å². The summed E-state index contributed by atoms with van der Waals surface area (Å²) >= 11 is 7.69. The molecule has 0 bridgehead atoms. The lowest BCUT2D eigenvalue weighted by Gasteiger charge is -2.22. The van der Waals surface area contributed by atoms with Crippen LogP contribution in [0.25, 0.3) is 0 Å². The average molecular weight is 392 g/mol. The van der Waals surface area contributed by atoms with Crippen molar-refractivity contribution in [2.75, 3.05) is 13.6 Å². The Morgan fingerprint density at radius 1 is 1.56 bits per heavy atom. The quantitative estimate of drug-likeness (QED) is 0.855. The number of hydrogen-bond acceptors (Lipinski definition) is 4. The highest BCUT2D eigenvalue weighted by atomic mass is 79.9. The van der Waals surface area contributed by atoms with Gasteiger partial charge >= 0.3 is 0 Å². The van der Waals surface area contributed by atoms with E-state index in [1.165, 1.54) is 22.7 Å². The Hall–Kier alpha value is 0.530. The maximum Gasteiger partial charge on any atom is 0.253 e. The topological polar surface area (TPSA) is 63.4 Å². The molecule has 0 spiro atoms. The van der Waals surface area contributed by atoms with Crippen LogP contribution < -0.4 is 5.73 Å². The van der Waals surface area contributed by atoms with Crippen LogP contribution >= 0.6 is 43.2 Å². The molecule has 1 rings (SSSR count). The van der Waals surface area contributed by atoms with E-state index in [-0.39, 0.29) is 6.04 Å². The summed E-state index contributed by atoms with van der Waals surface area (Å²) in [7, 11) is -1.93. The average Bonchev–Trinajstić information content (AvgIpc) is 2.58. The molecule has 0 aromatic carbocycles. The predicted octanol–water partition coefficient (Wildman–Crippen LogP) is 2.24. The Morgan fingerprint density at radius 3 is 2.50 bits per heavy atom. The van der Waals surface area contributed by atoms with Gasteiger partial charge in [0.25, 0.3) is 10.0 Å². The van der Waals surface area contributed by atoms with Gasteiger partial charge in [-0.15, -0.1) is 11.3 Å². The Morgan fingerprint density at radius 2 is 2.12 bits per heavy atom. The molecule has 0 radical (unpaired) electrons. The number of halogens is 2. The first-order valence-electron chi connectivity index (χ1n) is 4.43. The molecular formula is C8H12Br2N2O2S2. The monoisotopic (exact) mass is 390 g/mol. The number of sulfonamides is 1. The fourth-order valence-electron chi connectivity index (χ4n) is 0.996. The molecule has 8 heteroatoms. The fourth-order valence-corrected chi connectivity index (χ4v) is 5.58. The minimum absolute atomic E-state index is 0.224. The minimum Gasteiger partial charge on any atom is -0.329 e. The van der Waals surface area contributed by atoms with Crippen LogP contribution in [0.1, 0.15) is 6.92 Å². The third-order valence-corrected chi connectivity index (χ3v) is 8.53. The van der Waals surface area contributed by atoms with Crippen molar-refractivity contribution in [1.82, 2.24) is 4.31 Å². The predicted molar refractivity (Wildman–Crippen MR) is 73.2 cm³/mol. The summed E-state index contributed by atoms with van der Waals surface area (Å²) in [5.41, 5.74) is 5.47. The standard InChI is InChI=1S/C8H12Br2N2O2S2/c1-5(3-11)12(2)16(13,14)8-7(10)6(9)4-15-8/h4-5H,3,11H2,1-2H3. The number of nitrogens with two attached hydrogens (primary N) is 1. The lowest BCUT2D eigenvalue weighted by Crippen LogP contribution is -2.39. The third kappa shape index (κ3) is 2.68. The van der Waals surface area contributed by atoms with Gasteiger partial charge in [-0.05, 0) is 38.8 Å². The second-order valence-corrected chi connectivity index (χ2v) is 8.01. The maximum absolute atomic E-state index is 12.2. The molecule has 0 fully saturated rings. The molecule has 0 aliphatic rings. The molecule has 1 aromatic rings. The van der Waals surface area contributed by atoms with Crippen molar-refractivity contribution in [2.24, 2.45) is 5.73 Å². The first kappa shape index (κ1) is 14.6. The highest BCUT2D eigenvalue weighted by molar-refractivity contribution is 9.13. The molecule has 1 heterocycles. The summed E-state index contributed by atoms with van der Waals surface area (Å²) in [6.45, 7) is 2.06. The molecular weight excluding hydrogens is 380 g/mol. The van der Waals surface area contributed by atoms with Crippen molar-refractivity contribution in [2.45, 2.75) is 17.2 Å². The van der Waals surface area contributed by atoms with Crippen molar-refractivity contribution >= 4 is 53.2 Å². The van der Waals surface area contributed by atoms with Crippen LogP contribution in [0.5, 0.6) is 0 Å². The van der Waals surface area contributed by atoms with Crippen molar-refractivity contribution in [3.8, 4) is 0 Å². The highest BCUT2D eigenvalue weighted by Crippen LogP contribution is 2.37. The molecule has 16 heavy (non-hydrogen) atoms. The second kappa shape index (κ2) is 5.45. The van der Waals surface area contributed by atoms with Crippen molar-refractivity contribution in [1.29, 1.82) is 0 Å². The molecule has 0 aliphatic carbocycles. The summed E-state index contributed by atoms with van der Waals surface area (Å²) in [4.78, 5) is 0. The summed E-state index contributed by atoms with van der Waals surface area (Å²) in [6, 6.07) is -0.224. The van der Waals surface area contributed by atoms with Crippen LogP contribution in [0.2, 0.25) is 0 Å². The fraction of sp³-hybridized carbons (Fsp3) is 0.500. The highest BCUT2D eigenvalue weighted by Gasteiger charge is 2.28. The van der Waals surface area contributed by atoms with Gasteiger partial charge < -0.3 is 5.73 Å². The van der Waals surface area contributed by atoms with E-state index in [2.05, 4.69) is 31.9 Å². The van der Waals surface area contributed by atoms with Gasteiger partial charge in [-0.3, -0.25) is 0 Å². The van der Waals surface area contributed by atoms with E-state index in [0.29, 0.717) is 15.2 Å². The minimum atomic E-state index is -3.47. The third-order valence-electron chi connectivity index (χ3n) is 2.23. The normalized spacial score (nSPS) is 14.4. The maximum atomic E-state index is 12.2. The number of rotatable bonds is 4. The van der Waals surface area contributed by atoms with Gasteiger partial charge in [0.05, 0.1) is 4.47 Å². The van der Waals surface area contributed by atoms with E-state index < -0.39 is 10.0 Å². The van der Waals surface area contributed by atoms with Crippen LogP contribution in [0, 0.1) is 0 Å². The van der Waals surface area contributed by atoms with Crippen molar-refractivity contribution in [3.05, 3.63) is 14.3 Å². The van der Waals surface area contributed by atoms with Gasteiger partial charge in [0.2, 0.25) is 0 Å². The SMILES string of the molecule is CC(CN)N(C)S(=O)(=O)c1scc(Br)c1Br. The molecule has 92 valence electrons. The van der Waals surface area contributed by atoms with Crippen LogP contribution in [-0.2, 0) is 10.0 Å². The summed E-state index contributed by atoms with van der Waals surface area (Å²) in [6.07, 6.45) is 0. The summed E-state index contributed by atoms with van der Waals surface area (Å²) < 4.78 is 27.3. The van der Waals surface area contributed by atoms with E-state index in [9.17, 15) is 8.42 Å². The van der Waals surface area contributed by atoms with Crippen LogP contribution in [0.3, 0.4) is 0 Å². The molecule has 4 nitrogen and oxygen atoms in total. The van der Waals surface area contributed by atoms with Gasteiger partial charge in [-0.1, -0.05) is 0 Å². The Bertz CT molecular complexity index is 472. The van der Waals surface area contributed by atoms with Crippen molar-refractivity contribution in [3.63, 3.8) is 0 Å². The van der Waals surface area contributed by atoms with Crippen LogP contribution in [-0.4, -0.2) is 32.4 Å². The Balaban J connectivity index is 3.17. The molecule has 0 saturated heterocycles. The second-order valence-electron chi connectivity index (χ2n) is 3.29. The van der Waals surface area contributed by atoms with E-state index in [1.54, 1.807) is 12.3 Å². The molecule has 1 atom stereocenters. The molecule has 0 saturated carbocycles. The van der Waals surface area contributed by atoms with E-state index >= 15 is 0 Å². The van der Waals surface area contributed by atoms with Crippen LogP contribution in [0.4, 0.5) is 0 Å². The first-order valence-corrected chi connectivity index (χ1v) is 8.33. The smallest absolute Gasteiger partial charge is 0.253 e. The van der Waals surface area contributed by atoms with E-state index in [4.69, 9.17) is 5.73 Å². The van der Waals surface area contributed by atoms with Gasteiger partial charge in [-0.25, -0.2) is 8.42 Å². The summed E-state index contributed by atoms with van der Waals surface area (Å²) in [5, 5.41) is 1.73. The zero-order chi connectivity index (χ0) is 12.5. The first-order chi connectivity index (χ1) is 7.32. The zero-order valence-electron chi connectivity index (χ0n) is 8.78. The number of hydrogen-bond donors (Lipinski definition) is 1. The molecule has 0 amide bonds. The molecule has 1 aromatic heterocycles. The molecule has 2 N–H and O–H groups in total. The lowest BCUT2D eigenvalue weighted by atomic mass is 10.4. The van der Waals surface area contributed by atoms with Gasteiger partial charge in [0, 0.05) is 29.5 Å². The van der Waals surface area contributed by atoms with Crippen LogP contribution in [0.15, 0.2) is 18.5 Å². The largest absolute Gasteiger partial charge is 0.329 e. The van der Waals surface area contributed by atoms with E-state index in [0.717, 1.165) is 4.47 Å². The summed E-state index contributed by atoms with van der Waals surface area (Å²) in [5.74, 6) is 0. The Kier molecular flexibility index (Phi) is 4.97. The van der Waals surface area contributed by atoms with E-state index in [1.807, 2.05) is 0 Å². The molecule has 0 aliphatic heterocycles. The van der Waals surface area contributed by atoms with Gasteiger partial charge in [0.1, 0.15) is 0 Å².